The van der Waals surface area contributed by atoms with Crippen molar-refractivity contribution in [3.05, 3.63) is 89.7 Å². The fourth-order valence-electron chi connectivity index (χ4n) is 3.41. The molecule has 32 heavy (non-hydrogen) atoms. The van der Waals surface area contributed by atoms with E-state index >= 15 is 0 Å². The topological polar surface area (TPSA) is 36.3 Å². The Morgan fingerprint density at radius 3 is 2.75 bits per heavy atom. The molecule has 1 heterocycles. The first-order valence-corrected chi connectivity index (χ1v) is 9.87. The van der Waals surface area contributed by atoms with Crippen LogP contribution in [-0.4, -0.2) is 29.4 Å². The molecule has 8 heteroatoms. The normalized spacial score (nSPS) is 14.8. The summed E-state index contributed by atoms with van der Waals surface area (Å²) in [6, 6.07) is 10.8. The molecule has 0 radical (unpaired) electrons. The van der Waals surface area contributed by atoms with Crippen LogP contribution in [0.5, 0.6) is 11.5 Å². The van der Waals surface area contributed by atoms with Crippen LogP contribution in [0, 0.1) is 11.6 Å². The summed E-state index contributed by atoms with van der Waals surface area (Å²) >= 11 is 0. The van der Waals surface area contributed by atoms with Crippen LogP contribution < -0.4 is 9.47 Å². The maximum absolute atomic E-state index is 14.0. The van der Waals surface area contributed by atoms with E-state index in [0.29, 0.717) is 28.3 Å². The Morgan fingerprint density at radius 1 is 1.12 bits per heavy atom. The lowest BCUT2D eigenvalue weighted by atomic mass is 10.0. The molecule has 1 aliphatic rings. The summed E-state index contributed by atoms with van der Waals surface area (Å²) in [5.41, 5.74) is 1.77. The molecule has 0 unspecified atom stereocenters. The molecule has 2 aromatic carbocycles. The number of alkyl halides is 2. The van der Waals surface area contributed by atoms with Gasteiger partial charge in [-0.2, -0.15) is 5.10 Å². The number of halogens is 4. The van der Waals surface area contributed by atoms with E-state index in [2.05, 4.69) is 5.10 Å². The van der Waals surface area contributed by atoms with Crippen molar-refractivity contribution in [1.82, 2.24) is 9.78 Å². The zero-order valence-corrected chi connectivity index (χ0v) is 17.2. The van der Waals surface area contributed by atoms with E-state index in [9.17, 15) is 17.6 Å². The van der Waals surface area contributed by atoms with Crippen molar-refractivity contribution >= 4 is 0 Å². The van der Waals surface area contributed by atoms with Gasteiger partial charge in [0.15, 0.2) is 11.6 Å². The molecule has 0 amide bonds. The van der Waals surface area contributed by atoms with Crippen molar-refractivity contribution in [3.63, 3.8) is 0 Å². The highest BCUT2D eigenvalue weighted by molar-refractivity contribution is 5.68. The number of benzene rings is 2. The SMILES string of the molecule is COc1ccc(-c2ccn(Cc3cccc(F)c3F)n2)c(OCC2=CC=CC(F)(F)C2)c1. The monoisotopic (exact) mass is 444 g/mol. The van der Waals surface area contributed by atoms with Gasteiger partial charge in [-0.3, -0.25) is 4.68 Å². The van der Waals surface area contributed by atoms with Crippen LogP contribution in [0.15, 0.2) is 72.5 Å². The molecule has 0 N–H and O–H groups in total. The van der Waals surface area contributed by atoms with E-state index in [1.807, 2.05) is 0 Å². The summed E-state index contributed by atoms with van der Waals surface area (Å²) in [5.74, 6) is -3.78. The molecule has 0 saturated carbocycles. The van der Waals surface area contributed by atoms with Crippen LogP contribution in [0.25, 0.3) is 11.3 Å². The van der Waals surface area contributed by atoms with E-state index in [-0.39, 0.29) is 18.7 Å². The molecule has 166 valence electrons. The second kappa shape index (κ2) is 8.90. The number of methoxy groups -OCH3 is 1. The van der Waals surface area contributed by atoms with Crippen molar-refractivity contribution in [3.8, 4) is 22.8 Å². The van der Waals surface area contributed by atoms with Crippen molar-refractivity contribution in [1.29, 1.82) is 0 Å². The summed E-state index contributed by atoms with van der Waals surface area (Å²) in [4.78, 5) is 0. The lowest BCUT2D eigenvalue weighted by molar-refractivity contribution is 0.0518. The highest BCUT2D eigenvalue weighted by atomic mass is 19.3. The van der Waals surface area contributed by atoms with Gasteiger partial charge in [-0.05, 0) is 35.9 Å². The van der Waals surface area contributed by atoms with Crippen LogP contribution >= 0.6 is 0 Å². The number of aromatic nitrogens is 2. The Bertz CT molecular complexity index is 1180. The molecular weight excluding hydrogens is 424 g/mol. The number of nitrogens with zero attached hydrogens (tertiary/aromatic N) is 2. The first-order chi connectivity index (χ1) is 15.3. The fourth-order valence-corrected chi connectivity index (χ4v) is 3.41. The third-order valence-electron chi connectivity index (χ3n) is 5.02. The molecule has 4 rings (SSSR count). The minimum absolute atomic E-state index is 0.0185. The van der Waals surface area contributed by atoms with Crippen molar-refractivity contribution in [2.24, 2.45) is 0 Å². The molecule has 0 spiro atoms. The fraction of sp³-hybridized carbons (Fsp3) is 0.208. The molecule has 0 fully saturated rings. The summed E-state index contributed by atoms with van der Waals surface area (Å²) in [7, 11) is 1.51. The van der Waals surface area contributed by atoms with Crippen LogP contribution in [0.1, 0.15) is 12.0 Å². The smallest absolute Gasteiger partial charge is 0.270 e. The van der Waals surface area contributed by atoms with Gasteiger partial charge in [0.25, 0.3) is 5.92 Å². The standard InChI is InChI=1S/C24H20F4N2O2/c1-31-18-7-8-19(22(12-18)32-15-16-4-3-10-24(27,28)13-16)21-9-11-30(29-21)14-17-5-2-6-20(25)23(17)26/h2-12H,13-15H2,1H3. The van der Waals surface area contributed by atoms with Gasteiger partial charge in [0, 0.05) is 29.8 Å². The van der Waals surface area contributed by atoms with Gasteiger partial charge in [0.1, 0.15) is 18.1 Å². The van der Waals surface area contributed by atoms with E-state index in [1.54, 1.807) is 36.5 Å². The molecule has 3 aromatic rings. The summed E-state index contributed by atoms with van der Waals surface area (Å²) in [6.07, 6.45) is 5.03. The van der Waals surface area contributed by atoms with Gasteiger partial charge in [-0.25, -0.2) is 17.6 Å². The number of hydrogen-bond acceptors (Lipinski definition) is 3. The van der Waals surface area contributed by atoms with Crippen molar-refractivity contribution < 1.29 is 27.0 Å². The highest BCUT2D eigenvalue weighted by Gasteiger charge is 2.28. The van der Waals surface area contributed by atoms with Crippen LogP contribution in [0.3, 0.4) is 0 Å². The predicted molar refractivity (Wildman–Crippen MR) is 112 cm³/mol. The Kier molecular flexibility index (Phi) is 6.03. The van der Waals surface area contributed by atoms with Crippen molar-refractivity contribution in [2.45, 2.75) is 18.9 Å². The number of ether oxygens (including phenoxy) is 2. The quantitative estimate of drug-likeness (QED) is 0.433. The third-order valence-corrected chi connectivity index (χ3v) is 5.02. The van der Waals surface area contributed by atoms with E-state index in [4.69, 9.17) is 9.47 Å². The first kappa shape index (κ1) is 21.7. The molecular formula is C24H20F4N2O2. The average molecular weight is 444 g/mol. The van der Waals surface area contributed by atoms with Gasteiger partial charge in [0.05, 0.1) is 19.3 Å². The van der Waals surface area contributed by atoms with Gasteiger partial charge in [0.2, 0.25) is 0 Å². The second-order valence-corrected chi connectivity index (χ2v) is 7.38. The van der Waals surface area contributed by atoms with Crippen LogP contribution in [-0.2, 0) is 6.54 Å². The zero-order chi connectivity index (χ0) is 22.7. The minimum Gasteiger partial charge on any atom is -0.497 e. The van der Waals surface area contributed by atoms with E-state index < -0.39 is 24.0 Å². The Balaban J connectivity index is 1.56. The zero-order valence-electron chi connectivity index (χ0n) is 17.2. The third kappa shape index (κ3) is 4.85. The summed E-state index contributed by atoms with van der Waals surface area (Å²) in [5, 5.41) is 4.44. The lowest BCUT2D eigenvalue weighted by Gasteiger charge is -2.19. The Hall–Kier alpha value is -3.55. The van der Waals surface area contributed by atoms with Crippen LogP contribution in [0.4, 0.5) is 17.6 Å². The number of rotatable bonds is 7. The first-order valence-electron chi connectivity index (χ1n) is 9.87. The second-order valence-electron chi connectivity index (χ2n) is 7.38. The molecule has 1 aliphatic carbocycles. The maximum atomic E-state index is 14.0. The summed E-state index contributed by atoms with van der Waals surface area (Å²) in [6.45, 7) is 0.0273. The molecule has 0 bridgehead atoms. The largest absolute Gasteiger partial charge is 0.497 e. The Labute approximate surface area is 182 Å². The lowest BCUT2D eigenvalue weighted by Crippen LogP contribution is -2.18. The van der Waals surface area contributed by atoms with Gasteiger partial charge in [-0.15, -0.1) is 0 Å². The van der Waals surface area contributed by atoms with E-state index in [0.717, 1.165) is 12.1 Å². The maximum Gasteiger partial charge on any atom is 0.270 e. The van der Waals surface area contributed by atoms with E-state index in [1.165, 1.54) is 30.0 Å². The minimum atomic E-state index is -2.89. The molecule has 4 nitrogen and oxygen atoms in total. The number of allylic oxidation sites excluding steroid dienone is 3. The van der Waals surface area contributed by atoms with Crippen molar-refractivity contribution in [2.75, 3.05) is 13.7 Å². The average Bonchev–Trinajstić information content (AvgIpc) is 3.23. The number of hydrogen-bond donors (Lipinski definition) is 0. The molecule has 0 atom stereocenters. The van der Waals surface area contributed by atoms with Gasteiger partial charge >= 0.3 is 0 Å². The molecule has 0 saturated heterocycles. The predicted octanol–water partition coefficient (Wildman–Crippen LogP) is 5.79. The summed E-state index contributed by atoms with van der Waals surface area (Å²) < 4.78 is 67.3. The van der Waals surface area contributed by atoms with Gasteiger partial charge < -0.3 is 9.47 Å². The van der Waals surface area contributed by atoms with Crippen LogP contribution in [0.2, 0.25) is 0 Å². The molecule has 1 aromatic heterocycles. The molecule has 0 aliphatic heterocycles. The highest BCUT2D eigenvalue weighted by Crippen LogP contribution is 2.34. The van der Waals surface area contributed by atoms with Gasteiger partial charge in [-0.1, -0.05) is 24.3 Å². The Morgan fingerprint density at radius 2 is 1.97 bits per heavy atom.